The fraction of sp³-hybridized carbons (Fsp3) is 0. The number of hydrogen-bond acceptors (Lipinski definition) is 4. The molecule has 1 N–H and O–H groups in total. The van der Waals surface area contributed by atoms with Gasteiger partial charge in [0.1, 0.15) is 5.69 Å². The van der Waals surface area contributed by atoms with Crippen molar-refractivity contribution in [2.75, 3.05) is 5.32 Å². The fourth-order valence-corrected chi connectivity index (χ4v) is 2.16. The molecule has 0 radical (unpaired) electrons. The van der Waals surface area contributed by atoms with E-state index in [-0.39, 0.29) is 5.69 Å². The third kappa shape index (κ3) is 2.38. The highest BCUT2D eigenvalue weighted by molar-refractivity contribution is 5.93. The maximum atomic E-state index is 13.6. The normalized spacial score (nSPS) is 10.5. The van der Waals surface area contributed by atoms with E-state index in [9.17, 15) is 14.5 Å². The number of nitrogens with zero attached hydrogens (tertiary/aromatic N) is 2. The summed E-state index contributed by atoms with van der Waals surface area (Å²) in [6, 6.07) is 12.9. The lowest BCUT2D eigenvalue weighted by atomic mass is 10.1. The molecule has 0 spiro atoms. The van der Waals surface area contributed by atoms with Crippen LogP contribution in [0.5, 0.6) is 0 Å². The van der Waals surface area contributed by atoms with Crippen LogP contribution in [-0.4, -0.2) is 9.91 Å². The molecule has 1 aromatic heterocycles. The Hall–Kier alpha value is -3.02. The molecule has 0 atom stereocenters. The predicted molar refractivity (Wildman–Crippen MR) is 78.1 cm³/mol. The zero-order valence-electron chi connectivity index (χ0n) is 10.8. The minimum absolute atomic E-state index is 0.108. The number of pyridine rings is 1. The lowest BCUT2D eigenvalue weighted by Gasteiger charge is -2.10. The highest BCUT2D eigenvalue weighted by Gasteiger charge is 2.20. The van der Waals surface area contributed by atoms with Gasteiger partial charge in [0.2, 0.25) is 5.82 Å². The van der Waals surface area contributed by atoms with Crippen LogP contribution in [0.25, 0.3) is 10.9 Å². The molecular formula is C15H10FN3O2. The van der Waals surface area contributed by atoms with Crippen molar-refractivity contribution >= 4 is 28.0 Å². The molecule has 0 saturated carbocycles. The summed E-state index contributed by atoms with van der Waals surface area (Å²) in [7, 11) is 0. The number of benzene rings is 2. The van der Waals surface area contributed by atoms with E-state index in [2.05, 4.69) is 10.3 Å². The van der Waals surface area contributed by atoms with Gasteiger partial charge in [-0.1, -0.05) is 12.1 Å². The minimum atomic E-state index is -0.872. The molecule has 0 aliphatic heterocycles. The quantitative estimate of drug-likeness (QED) is 0.582. The second-order valence-electron chi connectivity index (χ2n) is 4.39. The molecule has 0 fully saturated rings. The molecule has 21 heavy (non-hydrogen) atoms. The van der Waals surface area contributed by atoms with Gasteiger partial charge in [0.05, 0.1) is 10.4 Å². The molecule has 3 rings (SSSR count). The van der Waals surface area contributed by atoms with Crippen LogP contribution in [0.4, 0.5) is 21.5 Å². The molecule has 5 nitrogen and oxygen atoms in total. The van der Waals surface area contributed by atoms with Gasteiger partial charge in [0.25, 0.3) is 0 Å². The van der Waals surface area contributed by atoms with Crippen LogP contribution in [0.3, 0.4) is 0 Å². The summed E-state index contributed by atoms with van der Waals surface area (Å²) < 4.78 is 13.6. The van der Waals surface area contributed by atoms with Crippen molar-refractivity contribution in [2.45, 2.75) is 0 Å². The molecular weight excluding hydrogens is 273 g/mol. The van der Waals surface area contributed by atoms with Crippen LogP contribution in [0.2, 0.25) is 0 Å². The van der Waals surface area contributed by atoms with Crippen molar-refractivity contribution in [3.05, 3.63) is 70.7 Å². The molecule has 0 aliphatic carbocycles. The molecule has 0 saturated heterocycles. The van der Waals surface area contributed by atoms with E-state index in [1.807, 2.05) is 12.1 Å². The average molecular weight is 283 g/mol. The number of hydrogen-bond donors (Lipinski definition) is 1. The minimum Gasteiger partial charge on any atom is -0.349 e. The maximum absolute atomic E-state index is 13.6. The molecule has 6 heteroatoms. The second-order valence-corrected chi connectivity index (χ2v) is 4.39. The molecule has 3 aromatic rings. The molecule has 2 aromatic carbocycles. The molecule has 1 heterocycles. The number of halogens is 1. The molecule has 0 bridgehead atoms. The first-order valence-corrected chi connectivity index (χ1v) is 6.20. The van der Waals surface area contributed by atoms with Crippen LogP contribution >= 0.6 is 0 Å². The number of rotatable bonds is 3. The van der Waals surface area contributed by atoms with Gasteiger partial charge in [-0.3, -0.25) is 15.1 Å². The SMILES string of the molecule is O=[N+]([O-])c1c(F)cccc1Nc1cccc2ncccc12. The summed E-state index contributed by atoms with van der Waals surface area (Å²) in [4.78, 5) is 14.5. The molecule has 0 unspecified atom stereocenters. The van der Waals surface area contributed by atoms with Crippen molar-refractivity contribution in [2.24, 2.45) is 0 Å². The van der Waals surface area contributed by atoms with Crippen molar-refractivity contribution < 1.29 is 9.31 Å². The van der Waals surface area contributed by atoms with Gasteiger partial charge in [-0.05, 0) is 36.4 Å². The number of nitro groups is 1. The topological polar surface area (TPSA) is 68.1 Å². The van der Waals surface area contributed by atoms with E-state index in [4.69, 9.17) is 0 Å². The summed E-state index contributed by atoms with van der Waals surface area (Å²) >= 11 is 0. The highest BCUT2D eigenvalue weighted by Crippen LogP contribution is 2.32. The Kier molecular flexibility index (Phi) is 3.19. The Morgan fingerprint density at radius 2 is 1.81 bits per heavy atom. The first kappa shape index (κ1) is 13.0. The zero-order valence-corrected chi connectivity index (χ0v) is 10.8. The smallest absolute Gasteiger partial charge is 0.327 e. The fourth-order valence-electron chi connectivity index (χ4n) is 2.16. The number of fused-ring (bicyclic) bond motifs is 1. The van der Waals surface area contributed by atoms with Gasteiger partial charge in [-0.2, -0.15) is 4.39 Å². The Morgan fingerprint density at radius 1 is 1.05 bits per heavy atom. The number of aromatic nitrogens is 1. The monoisotopic (exact) mass is 283 g/mol. The summed E-state index contributed by atoms with van der Waals surface area (Å²) in [5, 5.41) is 14.7. The Morgan fingerprint density at radius 3 is 2.62 bits per heavy atom. The third-order valence-electron chi connectivity index (χ3n) is 3.08. The Balaban J connectivity index is 2.12. The lowest BCUT2D eigenvalue weighted by Crippen LogP contribution is -2.00. The standard InChI is InChI=1S/C15H10FN3O2/c16-11-5-1-8-14(15(11)19(20)21)18-13-7-2-6-12-10(13)4-3-9-17-12/h1-9,18H. The van der Waals surface area contributed by atoms with Crippen LogP contribution in [0.1, 0.15) is 0 Å². The highest BCUT2D eigenvalue weighted by atomic mass is 19.1. The molecule has 0 aliphatic rings. The summed E-state index contributed by atoms with van der Waals surface area (Å²) in [5.74, 6) is -0.872. The van der Waals surface area contributed by atoms with Crippen LogP contribution < -0.4 is 5.32 Å². The van der Waals surface area contributed by atoms with Gasteiger partial charge >= 0.3 is 5.69 Å². The van der Waals surface area contributed by atoms with E-state index in [1.165, 1.54) is 12.1 Å². The number of anilines is 2. The Bertz CT molecular complexity index is 831. The first-order valence-electron chi connectivity index (χ1n) is 6.20. The Labute approximate surface area is 119 Å². The van der Waals surface area contributed by atoms with Crippen molar-refractivity contribution in [1.29, 1.82) is 0 Å². The lowest BCUT2D eigenvalue weighted by molar-refractivity contribution is -0.386. The van der Waals surface area contributed by atoms with Gasteiger partial charge in [0, 0.05) is 17.3 Å². The summed E-state index contributed by atoms with van der Waals surface area (Å²) in [5.41, 5.74) is 0.922. The average Bonchev–Trinajstić information content (AvgIpc) is 2.47. The van der Waals surface area contributed by atoms with Crippen LogP contribution in [0, 0.1) is 15.9 Å². The zero-order chi connectivity index (χ0) is 14.8. The van der Waals surface area contributed by atoms with E-state index >= 15 is 0 Å². The van der Waals surface area contributed by atoms with Crippen LogP contribution in [0.15, 0.2) is 54.7 Å². The van der Waals surface area contributed by atoms with E-state index in [1.54, 1.807) is 24.4 Å². The second kappa shape index (κ2) is 5.16. The number of nitrogens with one attached hydrogen (secondary N) is 1. The van der Waals surface area contributed by atoms with Crippen LogP contribution in [-0.2, 0) is 0 Å². The van der Waals surface area contributed by atoms with E-state index < -0.39 is 16.4 Å². The number of nitro benzene ring substituents is 1. The largest absolute Gasteiger partial charge is 0.349 e. The van der Waals surface area contributed by atoms with Gasteiger partial charge in [-0.15, -0.1) is 0 Å². The summed E-state index contributed by atoms with van der Waals surface area (Å²) in [6.45, 7) is 0. The van der Waals surface area contributed by atoms with Gasteiger partial charge in [0.15, 0.2) is 0 Å². The van der Waals surface area contributed by atoms with Crippen molar-refractivity contribution in [3.8, 4) is 0 Å². The maximum Gasteiger partial charge on any atom is 0.327 e. The predicted octanol–water partition coefficient (Wildman–Crippen LogP) is 4.03. The molecule has 0 amide bonds. The van der Waals surface area contributed by atoms with Gasteiger partial charge in [-0.25, -0.2) is 0 Å². The summed E-state index contributed by atoms with van der Waals surface area (Å²) in [6.07, 6.45) is 1.66. The number of para-hydroxylation sites is 1. The van der Waals surface area contributed by atoms with Crippen molar-refractivity contribution in [3.63, 3.8) is 0 Å². The molecule has 104 valence electrons. The van der Waals surface area contributed by atoms with Gasteiger partial charge < -0.3 is 5.32 Å². The van der Waals surface area contributed by atoms with E-state index in [0.29, 0.717) is 5.69 Å². The third-order valence-corrected chi connectivity index (χ3v) is 3.08. The van der Waals surface area contributed by atoms with E-state index in [0.717, 1.165) is 17.0 Å². The van der Waals surface area contributed by atoms with Crippen molar-refractivity contribution in [1.82, 2.24) is 4.98 Å². The first-order chi connectivity index (χ1) is 10.2.